The Hall–Kier alpha value is -8.09. The van der Waals surface area contributed by atoms with Crippen LogP contribution >= 0.6 is 22.7 Å². The minimum absolute atomic E-state index is 0.119. The lowest BCUT2D eigenvalue weighted by Gasteiger charge is -2.26. The highest BCUT2D eigenvalue weighted by atomic mass is 32.1. The van der Waals surface area contributed by atoms with E-state index in [0.29, 0.717) is 0 Å². The summed E-state index contributed by atoms with van der Waals surface area (Å²) in [6, 6.07) is 45.8. The summed E-state index contributed by atoms with van der Waals surface area (Å²) in [5, 5.41) is 9.43. The maximum Gasteiger partial charge on any atom is 0.335 e. The average Bonchev–Trinajstić information content (AvgIpc) is 1.84. The summed E-state index contributed by atoms with van der Waals surface area (Å²) in [6.07, 6.45) is 8.87. The number of rotatable bonds is 6. The van der Waals surface area contributed by atoms with Crippen molar-refractivity contribution in [1.82, 2.24) is 19.9 Å². The molecule has 11 rings (SSSR count). The summed E-state index contributed by atoms with van der Waals surface area (Å²) in [5.41, 5.74) is 22.6. The van der Waals surface area contributed by atoms with E-state index in [1.807, 2.05) is 0 Å². The van der Waals surface area contributed by atoms with Crippen LogP contribution in [0.15, 0.2) is 127 Å². The van der Waals surface area contributed by atoms with Gasteiger partial charge in [0.1, 0.15) is 0 Å². The fraction of sp³-hybridized carbons (Fsp3) is 0.304. The van der Waals surface area contributed by atoms with Gasteiger partial charge in [-0.25, -0.2) is 14.8 Å². The molecule has 87 heavy (non-hydrogen) atoms. The lowest BCUT2D eigenvalue weighted by molar-refractivity contribution is 0.0696. The van der Waals surface area contributed by atoms with Gasteiger partial charge in [-0.3, -0.25) is 0 Å². The normalized spacial score (nSPS) is 13.1. The quantitative estimate of drug-likeness (QED) is 0.145. The van der Waals surface area contributed by atoms with E-state index in [1.165, 1.54) is 33.4 Å². The summed E-state index contributed by atoms with van der Waals surface area (Å²) in [5.74, 6) is 5.61. The van der Waals surface area contributed by atoms with Crippen LogP contribution in [0.4, 0.5) is 0 Å². The van der Waals surface area contributed by atoms with Gasteiger partial charge in [0.05, 0.1) is 33.2 Å². The Morgan fingerprint density at radius 2 is 0.678 bits per heavy atom. The lowest BCUT2D eigenvalue weighted by Crippen LogP contribution is -2.16. The molecule has 442 valence electrons. The largest absolute Gasteiger partial charge is 0.478 e. The van der Waals surface area contributed by atoms with Gasteiger partial charge >= 0.3 is 5.97 Å². The number of carboxylic acid groups (broad SMARTS) is 1. The monoisotopic (exact) mass is 1180 g/mol. The lowest BCUT2D eigenvalue weighted by atomic mass is 9.78. The highest BCUT2D eigenvalue weighted by molar-refractivity contribution is 7.24. The molecule has 8 heteroatoms. The maximum atomic E-state index is 11.5. The molecule has 9 aromatic rings. The van der Waals surface area contributed by atoms with E-state index in [0.717, 1.165) is 109 Å². The second-order valence-electron chi connectivity index (χ2n) is 29.9. The van der Waals surface area contributed by atoms with Gasteiger partial charge in [-0.2, -0.15) is 0 Å². The number of aromatic nitrogens is 4. The van der Waals surface area contributed by atoms with Crippen molar-refractivity contribution < 1.29 is 9.90 Å². The van der Waals surface area contributed by atoms with Crippen LogP contribution in [0.1, 0.15) is 202 Å². The predicted molar refractivity (Wildman–Crippen MR) is 373 cm³/mol. The maximum absolute atomic E-state index is 11.5. The molecule has 2 aliphatic rings. The van der Waals surface area contributed by atoms with Crippen LogP contribution in [0.25, 0.3) is 99.9 Å². The molecule has 8 bridgehead atoms. The topological polar surface area (TPSA) is 94.7 Å². The van der Waals surface area contributed by atoms with Gasteiger partial charge in [-0.1, -0.05) is 191 Å². The van der Waals surface area contributed by atoms with Crippen LogP contribution in [-0.2, 0) is 32.5 Å². The molecule has 7 heterocycles. The van der Waals surface area contributed by atoms with E-state index in [2.05, 4.69) is 274 Å². The molecule has 2 aliphatic heterocycles. The number of aromatic carboxylic acids is 1. The number of nitrogens with one attached hydrogen (secondary N) is 2. The zero-order valence-electron chi connectivity index (χ0n) is 54.0. The number of carbonyl (C=O) groups is 1. The highest BCUT2D eigenvalue weighted by Gasteiger charge is 2.28. The first-order valence-electron chi connectivity index (χ1n) is 30.4. The smallest absolute Gasteiger partial charge is 0.335 e. The van der Waals surface area contributed by atoms with Gasteiger partial charge in [0.15, 0.2) is 0 Å². The summed E-state index contributed by atoms with van der Waals surface area (Å²) in [6.45, 7) is 41.5. The molecular formula is C79H82N4O2S2. The van der Waals surface area contributed by atoms with E-state index in [1.54, 1.807) is 46.9 Å². The molecular weight excluding hydrogens is 1100 g/mol. The first kappa shape index (κ1) is 60.6. The van der Waals surface area contributed by atoms with E-state index < -0.39 is 5.97 Å². The Morgan fingerprint density at radius 1 is 0.368 bits per heavy atom. The third kappa shape index (κ3) is 12.6. The SMILES string of the molecule is CC(C)(C)c1cc(-c2c3nc(c(-c4cc(C(C)(C)C)cc(C(C)(C)C)c4)c4ccc([nH]4)c(-c4ccc(-c5ccc(C#Cc6ccc(C(=O)O)cc6)s5)s4)c4nc(c(-c5cc(C(C)(C)C)cc(C(C)(C)C)c5)c5ccc2[nH]5)C=C4)C=C3)cc(C(C)(C)C)c1. The summed E-state index contributed by atoms with van der Waals surface area (Å²) >= 11 is 3.39. The number of H-pyrrole nitrogens is 2. The van der Waals surface area contributed by atoms with Crippen LogP contribution in [0.3, 0.4) is 0 Å². The van der Waals surface area contributed by atoms with Crippen molar-refractivity contribution in [2.45, 2.75) is 157 Å². The standard InChI is InChI=1S/C79H82N4O2S2/c1-74(2,3)51-37-48(38-52(43-51)75(4,5)6)69-58-26-28-60(80-58)70(49-39-53(76(7,8)9)44-54(40-49)77(10,11)12)62-30-32-64(82-62)72(68-36-35-67(87-68)66-34-25-57(86-66)24-21-46-19-22-47(23-20-46)73(84)85)65-33-31-63(83-65)71(61-29-27-59(69)81-61)50-41-55(78(13,14)15)45-56(42-50)79(16,17)18/h19-20,22-23,25-45,80,83H,1-18H3,(H,84,85). The molecule has 0 spiro atoms. The molecule has 0 fully saturated rings. The fourth-order valence-corrected chi connectivity index (χ4v) is 13.3. The molecule has 5 aromatic heterocycles. The van der Waals surface area contributed by atoms with Gasteiger partial charge in [-0.05, 0) is 180 Å². The number of thiophene rings is 2. The first-order valence-corrected chi connectivity index (χ1v) is 32.0. The van der Waals surface area contributed by atoms with E-state index in [9.17, 15) is 9.90 Å². The van der Waals surface area contributed by atoms with Crippen molar-refractivity contribution in [2.24, 2.45) is 0 Å². The van der Waals surface area contributed by atoms with E-state index in [4.69, 9.17) is 9.97 Å². The van der Waals surface area contributed by atoms with Crippen molar-refractivity contribution in [3.63, 3.8) is 0 Å². The zero-order chi connectivity index (χ0) is 62.5. The van der Waals surface area contributed by atoms with Crippen molar-refractivity contribution >= 4 is 75.0 Å². The summed E-state index contributed by atoms with van der Waals surface area (Å²) < 4.78 is 0. The minimum atomic E-state index is -0.955. The zero-order valence-corrected chi connectivity index (χ0v) is 55.6. The molecule has 0 aliphatic carbocycles. The second kappa shape index (κ2) is 21.9. The van der Waals surface area contributed by atoms with Crippen LogP contribution in [0.2, 0.25) is 0 Å². The van der Waals surface area contributed by atoms with Gasteiger partial charge in [0.2, 0.25) is 0 Å². The van der Waals surface area contributed by atoms with Crippen molar-refractivity contribution in [1.29, 1.82) is 0 Å². The summed E-state index contributed by atoms with van der Waals surface area (Å²) in [4.78, 5) is 35.5. The van der Waals surface area contributed by atoms with E-state index >= 15 is 0 Å². The van der Waals surface area contributed by atoms with Gasteiger partial charge in [-0.15, -0.1) is 22.7 Å². The number of nitrogens with zero attached hydrogens (tertiary/aromatic N) is 2. The number of aromatic amines is 2. The Bertz CT molecular complexity index is 4360. The third-order valence-electron chi connectivity index (χ3n) is 16.8. The Kier molecular flexibility index (Phi) is 15.3. The summed E-state index contributed by atoms with van der Waals surface area (Å²) in [7, 11) is 0. The van der Waals surface area contributed by atoms with E-state index in [-0.39, 0.29) is 38.1 Å². The number of carboxylic acids is 1. The predicted octanol–water partition coefficient (Wildman–Crippen LogP) is 22.0. The van der Waals surface area contributed by atoms with Crippen molar-refractivity contribution in [3.05, 3.63) is 200 Å². The van der Waals surface area contributed by atoms with Gasteiger partial charge in [0, 0.05) is 64.5 Å². The molecule has 3 N–H and O–H groups in total. The van der Waals surface area contributed by atoms with Crippen LogP contribution in [-0.4, -0.2) is 31.0 Å². The van der Waals surface area contributed by atoms with Crippen molar-refractivity contribution in [3.8, 4) is 65.4 Å². The number of benzene rings is 4. The average molecular weight is 1180 g/mol. The number of hydrogen-bond donors (Lipinski definition) is 3. The molecule has 0 saturated carbocycles. The van der Waals surface area contributed by atoms with Gasteiger partial charge in [0.25, 0.3) is 0 Å². The molecule has 4 aromatic carbocycles. The number of hydrogen-bond acceptors (Lipinski definition) is 5. The Morgan fingerprint density at radius 3 is 1.02 bits per heavy atom. The molecule has 6 nitrogen and oxygen atoms in total. The molecule has 0 atom stereocenters. The fourth-order valence-electron chi connectivity index (χ4n) is 11.3. The van der Waals surface area contributed by atoms with Crippen LogP contribution < -0.4 is 0 Å². The van der Waals surface area contributed by atoms with Gasteiger partial charge < -0.3 is 15.1 Å². The molecule has 0 unspecified atom stereocenters. The first-order chi connectivity index (χ1) is 40.6. The van der Waals surface area contributed by atoms with Crippen LogP contribution in [0.5, 0.6) is 0 Å². The second-order valence-corrected chi connectivity index (χ2v) is 32.0. The number of fused-ring (bicyclic) bond motifs is 8. The van der Waals surface area contributed by atoms with Crippen LogP contribution in [0, 0.1) is 11.8 Å². The minimum Gasteiger partial charge on any atom is -0.478 e. The highest BCUT2D eigenvalue weighted by Crippen LogP contribution is 2.46. The molecule has 0 amide bonds. The Balaban J connectivity index is 1.26. The third-order valence-corrected chi connectivity index (χ3v) is 19.1. The molecule has 0 saturated heterocycles. The Labute approximate surface area is 523 Å². The molecule has 0 radical (unpaired) electrons. The van der Waals surface area contributed by atoms with Crippen molar-refractivity contribution in [2.75, 3.05) is 0 Å².